The van der Waals surface area contributed by atoms with Crippen LogP contribution in [0.15, 0.2) is 23.1 Å². The summed E-state index contributed by atoms with van der Waals surface area (Å²) >= 11 is 1.94. The molecule has 1 aliphatic rings. The van der Waals surface area contributed by atoms with E-state index in [9.17, 15) is 0 Å². The van der Waals surface area contributed by atoms with Gasteiger partial charge in [0.05, 0.1) is 12.0 Å². The number of ether oxygens (including phenoxy) is 1. The molecule has 0 saturated heterocycles. The zero-order valence-electron chi connectivity index (χ0n) is 10.2. The van der Waals surface area contributed by atoms with Crippen LogP contribution in [0.3, 0.4) is 0 Å². The zero-order chi connectivity index (χ0) is 11.5. The van der Waals surface area contributed by atoms with Crippen molar-refractivity contribution in [3.8, 4) is 5.75 Å². The van der Waals surface area contributed by atoms with Crippen LogP contribution in [0.2, 0.25) is 0 Å². The molecule has 2 rings (SSSR count). The van der Waals surface area contributed by atoms with Gasteiger partial charge in [-0.2, -0.15) is 0 Å². The van der Waals surface area contributed by atoms with Crippen molar-refractivity contribution in [3.05, 3.63) is 23.8 Å². The highest BCUT2D eigenvalue weighted by Gasteiger charge is 2.21. The van der Waals surface area contributed by atoms with Crippen LogP contribution < -0.4 is 4.74 Å². The van der Waals surface area contributed by atoms with Gasteiger partial charge in [0, 0.05) is 12.3 Å². The van der Waals surface area contributed by atoms with Gasteiger partial charge in [-0.1, -0.05) is 12.1 Å². The average Bonchev–Trinajstić information content (AvgIpc) is 2.27. The quantitative estimate of drug-likeness (QED) is 0.801. The lowest BCUT2D eigenvalue weighted by Crippen LogP contribution is -2.27. The molecule has 0 amide bonds. The summed E-state index contributed by atoms with van der Waals surface area (Å²) in [5, 5.41) is 0. The first-order chi connectivity index (χ1) is 7.70. The van der Waals surface area contributed by atoms with E-state index in [4.69, 9.17) is 4.74 Å². The number of hydrogen-bond acceptors (Lipinski definition) is 3. The lowest BCUT2D eigenvalue weighted by Gasteiger charge is -2.27. The SMILES string of the molecule is COc1cccc2c1SCC(CN(C)C)C2. The Labute approximate surface area is 102 Å². The van der Waals surface area contributed by atoms with Crippen molar-refractivity contribution in [2.24, 2.45) is 5.92 Å². The van der Waals surface area contributed by atoms with Crippen LogP contribution in [0.4, 0.5) is 0 Å². The number of benzene rings is 1. The highest BCUT2D eigenvalue weighted by atomic mass is 32.2. The summed E-state index contributed by atoms with van der Waals surface area (Å²) in [5.74, 6) is 3.00. The molecule has 16 heavy (non-hydrogen) atoms. The fourth-order valence-electron chi connectivity index (χ4n) is 2.25. The van der Waals surface area contributed by atoms with Gasteiger partial charge >= 0.3 is 0 Å². The van der Waals surface area contributed by atoms with Gasteiger partial charge in [-0.25, -0.2) is 0 Å². The number of hydrogen-bond donors (Lipinski definition) is 0. The van der Waals surface area contributed by atoms with E-state index in [1.165, 1.54) is 29.2 Å². The minimum absolute atomic E-state index is 0.764. The van der Waals surface area contributed by atoms with Crippen molar-refractivity contribution in [1.29, 1.82) is 0 Å². The maximum absolute atomic E-state index is 5.40. The Morgan fingerprint density at radius 1 is 1.44 bits per heavy atom. The molecule has 0 spiro atoms. The van der Waals surface area contributed by atoms with Gasteiger partial charge in [0.25, 0.3) is 0 Å². The van der Waals surface area contributed by atoms with Crippen LogP contribution >= 0.6 is 11.8 Å². The molecule has 1 aromatic carbocycles. The highest BCUT2D eigenvalue weighted by molar-refractivity contribution is 7.99. The molecule has 1 aliphatic heterocycles. The van der Waals surface area contributed by atoms with E-state index < -0.39 is 0 Å². The first-order valence-electron chi connectivity index (χ1n) is 5.64. The molecule has 0 radical (unpaired) electrons. The van der Waals surface area contributed by atoms with Crippen molar-refractivity contribution in [2.45, 2.75) is 11.3 Å². The molecule has 1 atom stereocenters. The largest absolute Gasteiger partial charge is 0.496 e. The standard InChI is InChI=1S/C13H19NOS/c1-14(2)8-10-7-11-5-4-6-12(15-3)13(11)16-9-10/h4-6,10H,7-9H2,1-3H3. The van der Waals surface area contributed by atoms with E-state index in [-0.39, 0.29) is 0 Å². The lowest BCUT2D eigenvalue weighted by molar-refractivity contribution is 0.337. The molecular weight excluding hydrogens is 218 g/mol. The van der Waals surface area contributed by atoms with Crippen LogP contribution in [0.25, 0.3) is 0 Å². The van der Waals surface area contributed by atoms with Crippen molar-refractivity contribution in [1.82, 2.24) is 4.90 Å². The fraction of sp³-hybridized carbons (Fsp3) is 0.538. The summed E-state index contributed by atoms with van der Waals surface area (Å²) in [5.41, 5.74) is 1.45. The van der Waals surface area contributed by atoms with E-state index in [2.05, 4.69) is 37.2 Å². The Hall–Kier alpha value is -0.670. The summed E-state index contributed by atoms with van der Waals surface area (Å²) in [6.07, 6.45) is 1.18. The molecule has 0 N–H and O–H groups in total. The summed E-state index contributed by atoms with van der Waals surface area (Å²) in [7, 11) is 6.04. The van der Waals surface area contributed by atoms with Crippen molar-refractivity contribution >= 4 is 11.8 Å². The fourth-order valence-corrected chi connectivity index (χ4v) is 3.51. The van der Waals surface area contributed by atoms with Crippen molar-refractivity contribution < 1.29 is 4.74 Å². The van der Waals surface area contributed by atoms with E-state index in [1.54, 1.807) is 7.11 Å². The second kappa shape index (κ2) is 5.11. The van der Waals surface area contributed by atoms with Crippen LogP contribution in [-0.2, 0) is 6.42 Å². The molecule has 2 nitrogen and oxygen atoms in total. The number of methoxy groups -OCH3 is 1. The van der Waals surface area contributed by atoms with E-state index in [1.807, 2.05) is 11.8 Å². The third kappa shape index (κ3) is 2.53. The van der Waals surface area contributed by atoms with Gasteiger partial charge in [0.1, 0.15) is 5.75 Å². The van der Waals surface area contributed by atoms with Crippen molar-refractivity contribution in [2.75, 3.05) is 33.5 Å². The minimum atomic E-state index is 0.764. The van der Waals surface area contributed by atoms with Crippen LogP contribution in [0.1, 0.15) is 5.56 Å². The molecule has 88 valence electrons. The third-order valence-electron chi connectivity index (χ3n) is 2.88. The average molecular weight is 237 g/mol. The summed E-state index contributed by atoms with van der Waals surface area (Å²) in [4.78, 5) is 3.62. The molecule has 0 fully saturated rings. The second-order valence-electron chi connectivity index (χ2n) is 4.59. The Bertz CT molecular complexity index is 365. The van der Waals surface area contributed by atoms with Gasteiger partial charge in [-0.05, 0) is 38.1 Å². The zero-order valence-corrected chi connectivity index (χ0v) is 11.0. The Morgan fingerprint density at radius 3 is 2.94 bits per heavy atom. The molecule has 0 saturated carbocycles. The van der Waals surface area contributed by atoms with Gasteiger partial charge in [-0.3, -0.25) is 0 Å². The number of thioether (sulfide) groups is 1. The summed E-state index contributed by atoms with van der Waals surface area (Å²) in [6.45, 7) is 1.17. The lowest BCUT2D eigenvalue weighted by atomic mass is 9.99. The third-order valence-corrected chi connectivity index (χ3v) is 4.27. The Balaban J connectivity index is 2.15. The van der Waals surface area contributed by atoms with E-state index >= 15 is 0 Å². The van der Waals surface area contributed by atoms with E-state index in [0.717, 1.165) is 11.7 Å². The molecule has 0 aliphatic carbocycles. The van der Waals surface area contributed by atoms with Gasteiger partial charge in [-0.15, -0.1) is 11.8 Å². The second-order valence-corrected chi connectivity index (χ2v) is 5.62. The predicted octanol–water partition coefficient (Wildman–Crippen LogP) is 2.52. The van der Waals surface area contributed by atoms with Crippen LogP contribution in [0, 0.1) is 5.92 Å². The molecule has 1 aromatic rings. The van der Waals surface area contributed by atoms with Crippen LogP contribution in [-0.4, -0.2) is 38.4 Å². The summed E-state index contributed by atoms with van der Waals surface area (Å²) in [6, 6.07) is 6.38. The first kappa shape index (κ1) is 11.8. The van der Waals surface area contributed by atoms with E-state index in [0.29, 0.717) is 0 Å². The Kier molecular flexibility index (Phi) is 3.77. The topological polar surface area (TPSA) is 12.5 Å². The minimum Gasteiger partial charge on any atom is -0.496 e. The number of fused-ring (bicyclic) bond motifs is 1. The molecular formula is C13H19NOS. The molecule has 3 heteroatoms. The smallest absolute Gasteiger partial charge is 0.132 e. The Morgan fingerprint density at radius 2 is 2.25 bits per heavy atom. The van der Waals surface area contributed by atoms with Crippen molar-refractivity contribution in [3.63, 3.8) is 0 Å². The number of rotatable bonds is 3. The molecule has 1 heterocycles. The number of nitrogens with zero attached hydrogens (tertiary/aromatic N) is 1. The maximum Gasteiger partial charge on any atom is 0.132 e. The molecule has 0 aromatic heterocycles. The monoisotopic (exact) mass is 237 g/mol. The normalized spacial score (nSPS) is 19.6. The first-order valence-corrected chi connectivity index (χ1v) is 6.62. The summed E-state index contributed by atoms with van der Waals surface area (Å²) < 4.78 is 5.40. The molecule has 0 bridgehead atoms. The van der Waals surface area contributed by atoms with Gasteiger partial charge < -0.3 is 9.64 Å². The van der Waals surface area contributed by atoms with Gasteiger partial charge in [0.2, 0.25) is 0 Å². The van der Waals surface area contributed by atoms with Gasteiger partial charge in [0.15, 0.2) is 0 Å². The highest BCUT2D eigenvalue weighted by Crippen LogP contribution is 2.39. The maximum atomic E-state index is 5.40. The molecule has 1 unspecified atom stereocenters. The predicted molar refractivity (Wildman–Crippen MR) is 69.5 cm³/mol. The van der Waals surface area contributed by atoms with Crippen LogP contribution in [0.5, 0.6) is 5.75 Å².